The minimum Gasteiger partial charge on any atom is -0.411 e. The zero-order chi connectivity index (χ0) is 11.5. The van der Waals surface area contributed by atoms with Crippen molar-refractivity contribution in [1.29, 1.82) is 0 Å². The third-order valence-electron chi connectivity index (χ3n) is 2.05. The fourth-order valence-electron chi connectivity index (χ4n) is 1.38. The monoisotopic (exact) mass is 245 g/mol. The summed E-state index contributed by atoms with van der Waals surface area (Å²) in [5, 5.41) is 12.7. The summed E-state index contributed by atoms with van der Waals surface area (Å²) in [6, 6.07) is 5.52. The number of benzene rings is 1. The van der Waals surface area contributed by atoms with E-state index in [0.29, 0.717) is 10.0 Å². The number of rotatable bonds is 3. The summed E-state index contributed by atoms with van der Waals surface area (Å²) in [5.41, 5.74) is 0.862. The van der Waals surface area contributed by atoms with Crippen LogP contribution in [0.3, 0.4) is 0 Å². The first-order valence-corrected chi connectivity index (χ1v) is 5.33. The molecule has 0 atom stereocenters. The average molecular weight is 246 g/mol. The minimum atomic E-state index is -0.202. The predicted octanol–water partition coefficient (Wildman–Crippen LogP) is 4.02. The van der Waals surface area contributed by atoms with Gasteiger partial charge in [-0.2, -0.15) is 0 Å². The molecule has 1 rings (SSSR count). The summed E-state index contributed by atoms with van der Waals surface area (Å²) in [7, 11) is 0. The highest BCUT2D eigenvalue weighted by Gasteiger charge is 2.16. The van der Waals surface area contributed by atoms with Gasteiger partial charge >= 0.3 is 0 Å². The molecule has 0 amide bonds. The highest BCUT2D eigenvalue weighted by Crippen LogP contribution is 2.26. The zero-order valence-electron chi connectivity index (χ0n) is 8.67. The van der Waals surface area contributed by atoms with E-state index in [2.05, 4.69) is 5.16 Å². The van der Waals surface area contributed by atoms with Gasteiger partial charge < -0.3 is 5.21 Å². The molecule has 0 unspecified atom stereocenters. The Morgan fingerprint density at radius 2 is 2.00 bits per heavy atom. The van der Waals surface area contributed by atoms with E-state index in [-0.39, 0.29) is 5.41 Å². The first kappa shape index (κ1) is 12.3. The third-order valence-corrected chi connectivity index (χ3v) is 2.79. The SMILES string of the molecule is CC(C)(C=NO)Cc1ccc(Cl)c(Cl)c1. The van der Waals surface area contributed by atoms with Crippen molar-refractivity contribution in [2.75, 3.05) is 0 Å². The van der Waals surface area contributed by atoms with Crippen LogP contribution in [-0.2, 0) is 6.42 Å². The summed E-state index contributed by atoms with van der Waals surface area (Å²) < 4.78 is 0. The maximum atomic E-state index is 8.50. The Morgan fingerprint density at radius 1 is 1.33 bits per heavy atom. The smallest absolute Gasteiger partial charge is 0.0595 e. The van der Waals surface area contributed by atoms with Crippen molar-refractivity contribution in [2.24, 2.45) is 10.6 Å². The van der Waals surface area contributed by atoms with Gasteiger partial charge in [0.15, 0.2) is 0 Å². The molecule has 0 heterocycles. The lowest BCUT2D eigenvalue weighted by molar-refractivity contribution is 0.313. The third kappa shape index (κ3) is 3.73. The Bertz CT molecular complexity index is 375. The van der Waals surface area contributed by atoms with Gasteiger partial charge in [0.25, 0.3) is 0 Å². The molecule has 0 bridgehead atoms. The number of halogens is 2. The first-order valence-electron chi connectivity index (χ1n) is 4.57. The minimum absolute atomic E-state index is 0.202. The standard InChI is InChI=1S/C11H13Cl2NO/c1-11(2,7-14-15)6-8-3-4-9(12)10(13)5-8/h3-5,7,15H,6H2,1-2H3. The van der Waals surface area contributed by atoms with E-state index in [9.17, 15) is 0 Å². The Kier molecular flexibility index (Phi) is 4.00. The lowest BCUT2D eigenvalue weighted by Crippen LogP contribution is -2.16. The van der Waals surface area contributed by atoms with E-state index in [1.807, 2.05) is 26.0 Å². The van der Waals surface area contributed by atoms with Crippen molar-refractivity contribution in [3.63, 3.8) is 0 Å². The fraction of sp³-hybridized carbons (Fsp3) is 0.364. The van der Waals surface area contributed by atoms with E-state index in [1.165, 1.54) is 6.21 Å². The molecule has 2 nitrogen and oxygen atoms in total. The van der Waals surface area contributed by atoms with Crippen molar-refractivity contribution in [1.82, 2.24) is 0 Å². The van der Waals surface area contributed by atoms with Crippen LogP contribution in [0.1, 0.15) is 19.4 Å². The summed E-state index contributed by atoms with van der Waals surface area (Å²) >= 11 is 11.7. The van der Waals surface area contributed by atoms with Crippen molar-refractivity contribution in [3.05, 3.63) is 33.8 Å². The second-order valence-corrected chi connectivity index (χ2v) is 4.97. The number of hydrogen-bond acceptors (Lipinski definition) is 2. The van der Waals surface area contributed by atoms with Crippen molar-refractivity contribution >= 4 is 29.4 Å². The van der Waals surface area contributed by atoms with Crippen LogP contribution in [0.15, 0.2) is 23.4 Å². The summed E-state index contributed by atoms with van der Waals surface area (Å²) in [6.45, 7) is 3.96. The topological polar surface area (TPSA) is 32.6 Å². The van der Waals surface area contributed by atoms with Gasteiger partial charge in [0.05, 0.1) is 10.0 Å². The molecule has 82 valence electrons. The zero-order valence-corrected chi connectivity index (χ0v) is 10.2. The van der Waals surface area contributed by atoms with Crippen LogP contribution in [0.25, 0.3) is 0 Å². The number of hydrogen-bond donors (Lipinski definition) is 1. The van der Waals surface area contributed by atoms with Gasteiger partial charge in [-0.3, -0.25) is 0 Å². The molecule has 15 heavy (non-hydrogen) atoms. The van der Waals surface area contributed by atoms with Crippen LogP contribution >= 0.6 is 23.2 Å². The molecule has 0 aliphatic rings. The van der Waals surface area contributed by atoms with Crippen LogP contribution in [-0.4, -0.2) is 11.4 Å². The lowest BCUT2D eigenvalue weighted by atomic mass is 9.87. The predicted molar refractivity (Wildman–Crippen MR) is 64.2 cm³/mol. The maximum Gasteiger partial charge on any atom is 0.0595 e. The Labute approximate surface area is 99.5 Å². The Morgan fingerprint density at radius 3 is 2.53 bits per heavy atom. The number of nitrogens with zero attached hydrogens (tertiary/aromatic N) is 1. The molecule has 0 spiro atoms. The van der Waals surface area contributed by atoms with Gasteiger partial charge in [-0.25, -0.2) is 0 Å². The van der Waals surface area contributed by atoms with E-state index in [4.69, 9.17) is 28.4 Å². The molecule has 0 saturated carbocycles. The Hall–Kier alpha value is -0.730. The van der Waals surface area contributed by atoms with Crippen LogP contribution < -0.4 is 0 Å². The van der Waals surface area contributed by atoms with Crippen LogP contribution in [0.5, 0.6) is 0 Å². The molecule has 1 aromatic carbocycles. The fourth-order valence-corrected chi connectivity index (χ4v) is 1.70. The molecule has 4 heteroatoms. The summed E-state index contributed by atoms with van der Waals surface area (Å²) in [4.78, 5) is 0. The van der Waals surface area contributed by atoms with E-state index >= 15 is 0 Å². The van der Waals surface area contributed by atoms with Crippen molar-refractivity contribution in [3.8, 4) is 0 Å². The number of oxime groups is 1. The molecular formula is C11H13Cl2NO. The maximum absolute atomic E-state index is 8.50. The van der Waals surface area contributed by atoms with Gasteiger partial charge in [0, 0.05) is 11.6 Å². The summed E-state index contributed by atoms with van der Waals surface area (Å²) in [6.07, 6.45) is 2.25. The molecule has 0 aromatic heterocycles. The molecule has 0 fully saturated rings. The van der Waals surface area contributed by atoms with Crippen LogP contribution in [0, 0.1) is 5.41 Å². The molecule has 0 radical (unpaired) electrons. The normalized spacial score (nSPS) is 12.3. The van der Waals surface area contributed by atoms with Crippen LogP contribution in [0.4, 0.5) is 0 Å². The molecule has 0 saturated heterocycles. The van der Waals surface area contributed by atoms with E-state index in [0.717, 1.165) is 12.0 Å². The van der Waals surface area contributed by atoms with Crippen molar-refractivity contribution in [2.45, 2.75) is 20.3 Å². The quantitative estimate of drug-likeness (QED) is 0.487. The second kappa shape index (κ2) is 4.86. The molecule has 1 aromatic rings. The largest absolute Gasteiger partial charge is 0.411 e. The van der Waals surface area contributed by atoms with Crippen LogP contribution in [0.2, 0.25) is 10.0 Å². The van der Waals surface area contributed by atoms with Gasteiger partial charge in [0.2, 0.25) is 0 Å². The molecule has 1 N–H and O–H groups in total. The Balaban J connectivity index is 2.85. The van der Waals surface area contributed by atoms with Crippen molar-refractivity contribution < 1.29 is 5.21 Å². The van der Waals surface area contributed by atoms with Gasteiger partial charge in [0.1, 0.15) is 0 Å². The van der Waals surface area contributed by atoms with Gasteiger partial charge in [-0.15, -0.1) is 5.16 Å². The highest BCUT2D eigenvalue weighted by atomic mass is 35.5. The van der Waals surface area contributed by atoms with Gasteiger partial charge in [-0.1, -0.05) is 43.1 Å². The summed E-state index contributed by atoms with van der Waals surface area (Å²) in [5.74, 6) is 0. The molecule has 0 aliphatic carbocycles. The van der Waals surface area contributed by atoms with E-state index in [1.54, 1.807) is 6.07 Å². The molecular weight excluding hydrogens is 233 g/mol. The van der Waals surface area contributed by atoms with E-state index < -0.39 is 0 Å². The average Bonchev–Trinajstić information content (AvgIpc) is 2.10. The highest BCUT2D eigenvalue weighted by molar-refractivity contribution is 6.42. The second-order valence-electron chi connectivity index (χ2n) is 4.16. The first-order chi connectivity index (χ1) is 6.94. The van der Waals surface area contributed by atoms with Gasteiger partial charge in [-0.05, 0) is 24.1 Å². The lowest BCUT2D eigenvalue weighted by Gasteiger charge is -2.18. The molecule has 0 aliphatic heterocycles.